The first-order valence-corrected chi connectivity index (χ1v) is 8.93. The van der Waals surface area contributed by atoms with E-state index in [1.165, 1.54) is 6.08 Å². The van der Waals surface area contributed by atoms with Gasteiger partial charge in [-0.25, -0.2) is 0 Å². The van der Waals surface area contributed by atoms with E-state index in [0.717, 1.165) is 24.8 Å². The van der Waals surface area contributed by atoms with Crippen LogP contribution in [0, 0.1) is 28.6 Å². The molecular weight excluding hydrogens is 292 g/mol. The van der Waals surface area contributed by atoms with Crippen LogP contribution in [0.1, 0.15) is 52.4 Å². The maximum Gasteiger partial charge on any atom is 0.184 e. The van der Waals surface area contributed by atoms with E-state index in [4.69, 9.17) is 0 Å². The summed E-state index contributed by atoms with van der Waals surface area (Å²) in [5, 5.41) is 20.8. The summed E-state index contributed by atoms with van der Waals surface area (Å²) in [5.74, 6) is 1.13. The molecule has 0 amide bonds. The van der Waals surface area contributed by atoms with Crippen molar-refractivity contribution < 1.29 is 19.8 Å². The fraction of sp³-hybridized carbons (Fsp3) is 0.789. The number of hydrogen-bond acceptors (Lipinski definition) is 4. The zero-order chi connectivity index (χ0) is 16.6. The number of hydrogen-bond donors (Lipinski definition) is 2. The van der Waals surface area contributed by atoms with Crippen molar-refractivity contribution in [2.45, 2.75) is 64.6 Å². The lowest BCUT2D eigenvalue weighted by Gasteiger charge is -2.58. The van der Waals surface area contributed by atoms with E-state index in [2.05, 4.69) is 13.8 Å². The zero-order valence-corrected chi connectivity index (χ0v) is 13.9. The maximum absolute atomic E-state index is 12.4. The van der Waals surface area contributed by atoms with Crippen molar-refractivity contribution in [3.63, 3.8) is 0 Å². The number of Topliss-reactive ketones (excluding diaryl/α,β-unsaturated/α-hetero) is 1. The van der Waals surface area contributed by atoms with Gasteiger partial charge in [0.25, 0.3) is 0 Å². The SMILES string of the molecule is C[C@]12CC(O)C(=O)C=C1C(O)C[C@@H]1[C@H]2CC[C@]2(C)C(=O)CC[C@@H]12. The Morgan fingerprint density at radius 1 is 1.04 bits per heavy atom. The number of carbonyl (C=O) groups excluding carboxylic acids is 2. The minimum absolute atomic E-state index is 0.221. The second-order valence-electron chi connectivity index (χ2n) is 8.69. The first-order chi connectivity index (χ1) is 10.8. The topological polar surface area (TPSA) is 74.6 Å². The van der Waals surface area contributed by atoms with E-state index >= 15 is 0 Å². The van der Waals surface area contributed by atoms with Gasteiger partial charge in [0, 0.05) is 11.8 Å². The summed E-state index contributed by atoms with van der Waals surface area (Å²) in [6.07, 6.45) is 4.45. The van der Waals surface area contributed by atoms with Crippen molar-refractivity contribution in [3.8, 4) is 0 Å². The van der Waals surface area contributed by atoms with E-state index in [9.17, 15) is 19.8 Å². The average molecular weight is 318 g/mol. The summed E-state index contributed by atoms with van der Waals surface area (Å²) in [5.41, 5.74) is 0.284. The van der Waals surface area contributed by atoms with Gasteiger partial charge in [0.1, 0.15) is 11.9 Å². The van der Waals surface area contributed by atoms with E-state index in [1.54, 1.807) is 0 Å². The molecule has 0 aliphatic heterocycles. The molecule has 0 saturated heterocycles. The fourth-order valence-corrected chi connectivity index (χ4v) is 6.44. The van der Waals surface area contributed by atoms with Crippen LogP contribution in [0.4, 0.5) is 0 Å². The van der Waals surface area contributed by atoms with Gasteiger partial charge in [-0.05, 0) is 66.9 Å². The van der Waals surface area contributed by atoms with Gasteiger partial charge in [0.2, 0.25) is 0 Å². The van der Waals surface area contributed by atoms with Crippen molar-refractivity contribution in [3.05, 3.63) is 11.6 Å². The Balaban J connectivity index is 1.75. The molecule has 3 fully saturated rings. The molecule has 0 bridgehead atoms. The van der Waals surface area contributed by atoms with Crippen molar-refractivity contribution in [2.24, 2.45) is 28.6 Å². The van der Waals surface area contributed by atoms with Crippen molar-refractivity contribution in [1.29, 1.82) is 0 Å². The van der Waals surface area contributed by atoms with Gasteiger partial charge >= 0.3 is 0 Å². The summed E-state index contributed by atoms with van der Waals surface area (Å²) >= 11 is 0. The highest BCUT2D eigenvalue weighted by Crippen LogP contribution is 2.64. The summed E-state index contributed by atoms with van der Waals surface area (Å²) in [7, 11) is 0. The molecule has 4 heteroatoms. The number of aliphatic hydroxyl groups is 2. The Bertz CT molecular complexity index is 608. The third kappa shape index (κ3) is 1.91. The van der Waals surface area contributed by atoms with Crippen molar-refractivity contribution >= 4 is 11.6 Å². The van der Waals surface area contributed by atoms with Crippen LogP contribution in [0.3, 0.4) is 0 Å². The lowest BCUT2D eigenvalue weighted by molar-refractivity contribution is -0.137. The third-order valence-electron chi connectivity index (χ3n) is 7.72. The van der Waals surface area contributed by atoms with Gasteiger partial charge in [0.15, 0.2) is 5.78 Å². The predicted octanol–water partition coefficient (Wildman–Crippen LogP) is 2.03. The second-order valence-corrected chi connectivity index (χ2v) is 8.69. The molecule has 0 aromatic heterocycles. The molecule has 23 heavy (non-hydrogen) atoms. The molecule has 2 N–H and O–H groups in total. The number of rotatable bonds is 0. The molecule has 0 spiro atoms. The smallest absolute Gasteiger partial charge is 0.184 e. The van der Waals surface area contributed by atoms with Gasteiger partial charge in [0.05, 0.1) is 6.10 Å². The monoisotopic (exact) mass is 318 g/mol. The average Bonchev–Trinajstić information content (AvgIpc) is 2.78. The first-order valence-electron chi connectivity index (χ1n) is 8.93. The largest absolute Gasteiger partial charge is 0.389 e. The Hall–Kier alpha value is -1.00. The van der Waals surface area contributed by atoms with Crippen LogP contribution >= 0.6 is 0 Å². The van der Waals surface area contributed by atoms with Crippen LogP contribution in [0.25, 0.3) is 0 Å². The quantitative estimate of drug-likeness (QED) is 0.717. The Kier molecular flexibility index (Phi) is 3.21. The van der Waals surface area contributed by atoms with Gasteiger partial charge in [-0.15, -0.1) is 0 Å². The van der Waals surface area contributed by atoms with Crippen molar-refractivity contribution in [1.82, 2.24) is 0 Å². The minimum atomic E-state index is -0.951. The first kappa shape index (κ1) is 15.5. The van der Waals surface area contributed by atoms with Crippen LogP contribution in [0.2, 0.25) is 0 Å². The fourth-order valence-electron chi connectivity index (χ4n) is 6.44. The van der Waals surface area contributed by atoms with Gasteiger partial charge in [-0.3, -0.25) is 9.59 Å². The van der Waals surface area contributed by atoms with E-state index in [0.29, 0.717) is 42.8 Å². The molecule has 7 atom stereocenters. The second kappa shape index (κ2) is 4.76. The highest BCUT2D eigenvalue weighted by molar-refractivity contribution is 5.95. The molecule has 0 radical (unpaired) electrons. The van der Waals surface area contributed by atoms with E-state index in [1.807, 2.05) is 0 Å². The number of carbonyl (C=O) groups is 2. The number of ketones is 2. The molecule has 4 aliphatic carbocycles. The maximum atomic E-state index is 12.4. The zero-order valence-electron chi connectivity index (χ0n) is 13.9. The lowest BCUT2D eigenvalue weighted by Crippen LogP contribution is -2.55. The number of aliphatic hydroxyl groups excluding tert-OH is 2. The molecule has 0 aromatic carbocycles. The molecule has 0 heterocycles. The standard InChI is InChI=1S/C19H26O4/c1-18-6-5-12-10(11(18)3-4-17(18)23)7-14(20)13-8-15(21)16(22)9-19(12,13)2/h8,10-12,14,16,20,22H,3-7,9H2,1-2H3/t10-,11-,12+,14?,16?,18-,19+/m0/s1. The highest BCUT2D eigenvalue weighted by atomic mass is 16.3. The predicted molar refractivity (Wildman–Crippen MR) is 84.5 cm³/mol. The van der Waals surface area contributed by atoms with Crippen LogP contribution in [-0.2, 0) is 9.59 Å². The highest BCUT2D eigenvalue weighted by Gasteiger charge is 2.61. The van der Waals surface area contributed by atoms with Crippen LogP contribution in [-0.4, -0.2) is 34.0 Å². The molecule has 3 saturated carbocycles. The molecule has 4 nitrogen and oxygen atoms in total. The lowest BCUT2D eigenvalue weighted by atomic mass is 9.47. The van der Waals surface area contributed by atoms with E-state index in [-0.39, 0.29) is 16.6 Å². The summed E-state index contributed by atoms with van der Waals surface area (Å²) in [6.45, 7) is 4.22. The molecule has 4 rings (SSSR count). The summed E-state index contributed by atoms with van der Waals surface area (Å²) in [6, 6.07) is 0. The molecule has 4 aliphatic rings. The van der Waals surface area contributed by atoms with E-state index < -0.39 is 12.2 Å². The third-order valence-corrected chi connectivity index (χ3v) is 7.72. The Morgan fingerprint density at radius 2 is 1.74 bits per heavy atom. The Morgan fingerprint density at radius 3 is 2.48 bits per heavy atom. The molecule has 126 valence electrons. The number of fused-ring (bicyclic) bond motifs is 5. The van der Waals surface area contributed by atoms with Crippen LogP contribution in [0.15, 0.2) is 11.6 Å². The molecular formula is C19H26O4. The normalized spacial score (nSPS) is 52.5. The van der Waals surface area contributed by atoms with Gasteiger partial charge in [-0.2, -0.15) is 0 Å². The van der Waals surface area contributed by atoms with Gasteiger partial charge in [-0.1, -0.05) is 13.8 Å². The van der Waals surface area contributed by atoms with Crippen LogP contribution < -0.4 is 0 Å². The van der Waals surface area contributed by atoms with Gasteiger partial charge < -0.3 is 10.2 Å². The van der Waals surface area contributed by atoms with Crippen LogP contribution in [0.5, 0.6) is 0 Å². The molecule has 0 aromatic rings. The van der Waals surface area contributed by atoms with Crippen molar-refractivity contribution in [2.75, 3.05) is 0 Å². The Labute approximate surface area is 137 Å². The molecule has 2 unspecified atom stereocenters. The minimum Gasteiger partial charge on any atom is -0.389 e. The summed E-state index contributed by atoms with van der Waals surface area (Å²) < 4.78 is 0. The summed E-state index contributed by atoms with van der Waals surface area (Å²) in [4.78, 5) is 24.3.